The number of nitrogens with one attached hydrogen (secondary N) is 2. The van der Waals surface area contributed by atoms with E-state index in [9.17, 15) is 4.79 Å². The smallest absolute Gasteiger partial charge is 0.226 e. The summed E-state index contributed by atoms with van der Waals surface area (Å²) in [6.07, 6.45) is 0. The summed E-state index contributed by atoms with van der Waals surface area (Å²) in [7, 11) is 0. The van der Waals surface area contributed by atoms with Gasteiger partial charge in [0, 0.05) is 19.1 Å². The topological polar surface area (TPSA) is 41.1 Å². The van der Waals surface area contributed by atoms with Gasteiger partial charge in [0.2, 0.25) is 5.91 Å². The molecule has 0 aromatic carbocycles. The predicted molar refractivity (Wildman–Crippen MR) is 55.6 cm³/mol. The maximum atomic E-state index is 11.5. The number of rotatable bonds is 5. The van der Waals surface area contributed by atoms with Crippen molar-refractivity contribution in [2.24, 2.45) is 5.41 Å². The Hall–Kier alpha value is -0.570. The Morgan fingerprint density at radius 2 is 1.92 bits per heavy atom. The van der Waals surface area contributed by atoms with Gasteiger partial charge < -0.3 is 10.6 Å². The van der Waals surface area contributed by atoms with Crippen molar-refractivity contribution < 1.29 is 4.79 Å². The first-order chi connectivity index (χ1) is 5.90. The second-order valence-electron chi connectivity index (χ2n) is 4.28. The molecule has 0 fully saturated rings. The standard InChI is InChI=1S/C10H22N2O/c1-6-11-9(13)10(4,5)7-12-8(2)3/h8,12H,6-7H2,1-5H3,(H,11,13). The van der Waals surface area contributed by atoms with Crippen molar-refractivity contribution in [3.63, 3.8) is 0 Å². The Bertz CT molecular complexity index is 164. The van der Waals surface area contributed by atoms with E-state index in [2.05, 4.69) is 24.5 Å². The molecule has 0 aromatic rings. The summed E-state index contributed by atoms with van der Waals surface area (Å²) in [5.41, 5.74) is -0.319. The molecule has 78 valence electrons. The van der Waals surface area contributed by atoms with Gasteiger partial charge in [-0.15, -0.1) is 0 Å². The number of hydrogen-bond acceptors (Lipinski definition) is 2. The Labute approximate surface area is 81.3 Å². The van der Waals surface area contributed by atoms with Crippen LogP contribution in [0.3, 0.4) is 0 Å². The normalized spacial score (nSPS) is 11.8. The summed E-state index contributed by atoms with van der Waals surface area (Å²) in [6, 6.07) is 0.425. The number of carbonyl (C=O) groups excluding carboxylic acids is 1. The number of carbonyl (C=O) groups is 1. The van der Waals surface area contributed by atoms with Gasteiger partial charge in [-0.25, -0.2) is 0 Å². The van der Waals surface area contributed by atoms with Gasteiger partial charge in [0.15, 0.2) is 0 Å². The average Bonchev–Trinajstić information content (AvgIpc) is 2.01. The van der Waals surface area contributed by atoms with Crippen molar-refractivity contribution in [2.45, 2.75) is 40.7 Å². The molecule has 0 heterocycles. The molecule has 0 aliphatic heterocycles. The van der Waals surface area contributed by atoms with Gasteiger partial charge in [-0.2, -0.15) is 0 Å². The highest BCUT2D eigenvalue weighted by molar-refractivity contribution is 5.81. The lowest BCUT2D eigenvalue weighted by Gasteiger charge is -2.24. The molecule has 0 bridgehead atoms. The maximum Gasteiger partial charge on any atom is 0.226 e. The lowest BCUT2D eigenvalue weighted by atomic mass is 9.92. The lowest BCUT2D eigenvalue weighted by molar-refractivity contribution is -0.129. The third-order valence-corrected chi connectivity index (χ3v) is 1.90. The molecule has 13 heavy (non-hydrogen) atoms. The van der Waals surface area contributed by atoms with Gasteiger partial charge in [0.25, 0.3) is 0 Å². The minimum absolute atomic E-state index is 0.114. The first kappa shape index (κ1) is 12.4. The largest absolute Gasteiger partial charge is 0.356 e. The monoisotopic (exact) mass is 186 g/mol. The fraction of sp³-hybridized carbons (Fsp3) is 0.900. The van der Waals surface area contributed by atoms with Gasteiger partial charge in [0.1, 0.15) is 0 Å². The van der Waals surface area contributed by atoms with Crippen LogP contribution in [-0.2, 0) is 4.79 Å². The highest BCUT2D eigenvalue weighted by Gasteiger charge is 2.26. The van der Waals surface area contributed by atoms with E-state index in [0.717, 1.165) is 6.54 Å². The first-order valence-electron chi connectivity index (χ1n) is 4.92. The molecule has 0 unspecified atom stereocenters. The van der Waals surface area contributed by atoms with Gasteiger partial charge in [-0.05, 0) is 20.8 Å². The highest BCUT2D eigenvalue weighted by atomic mass is 16.2. The van der Waals surface area contributed by atoms with Gasteiger partial charge in [-0.1, -0.05) is 13.8 Å². The maximum absolute atomic E-state index is 11.5. The van der Waals surface area contributed by atoms with Crippen LogP contribution in [0.1, 0.15) is 34.6 Å². The van der Waals surface area contributed by atoms with Crippen LogP contribution < -0.4 is 10.6 Å². The highest BCUT2D eigenvalue weighted by Crippen LogP contribution is 2.13. The summed E-state index contributed by atoms with van der Waals surface area (Å²) in [6.45, 7) is 11.4. The van der Waals surface area contributed by atoms with Crippen LogP contribution in [0, 0.1) is 5.41 Å². The van der Waals surface area contributed by atoms with Crippen LogP contribution >= 0.6 is 0 Å². The van der Waals surface area contributed by atoms with E-state index in [1.54, 1.807) is 0 Å². The molecule has 0 rings (SSSR count). The molecule has 3 heteroatoms. The summed E-state index contributed by atoms with van der Waals surface area (Å²) in [5, 5.41) is 6.09. The molecular weight excluding hydrogens is 164 g/mol. The predicted octanol–water partition coefficient (Wildman–Crippen LogP) is 1.15. The number of amides is 1. The zero-order valence-electron chi connectivity index (χ0n) is 9.40. The third kappa shape index (κ3) is 4.88. The molecule has 0 aliphatic carbocycles. The second kappa shape index (κ2) is 5.22. The molecule has 1 amide bonds. The quantitative estimate of drug-likeness (QED) is 0.676. The van der Waals surface area contributed by atoms with Crippen molar-refractivity contribution in [3.8, 4) is 0 Å². The van der Waals surface area contributed by atoms with Gasteiger partial charge in [-0.3, -0.25) is 4.79 Å². The third-order valence-electron chi connectivity index (χ3n) is 1.90. The van der Waals surface area contributed by atoms with Crippen molar-refractivity contribution in [3.05, 3.63) is 0 Å². The Morgan fingerprint density at radius 3 is 2.31 bits per heavy atom. The van der Waals surface area contributed by atoms with E-state index in [0.29, 0.717) is 12.6 Å². The van der Waals surface area contributed by atoms with Crippen LogP contribution in [-0.4, -0.2) is 25.0 Å². The minimum Gasteiger partial charge on any atom is -0.356 e. The molecule has 0 radical (unpaired) electrons. The fourth-order valence-electron chi connectivity index (χ4n) is 0.939. The minimum atomic E-state index is -0.319. The summed E-state index contributed by atoms with van der Waals surface area (Å²) in [5.74, 6) is 0.114. The zero-order chi connectivity index (χ0) is 10.5. The SMILES string of the molecule is CCNC(=O)C(C)(C)CNC(C)C. The first-order valence-corrected chi connectivity index (χ1v) is 4.92. The Balaban J connectivity index is 3.98. The van der Waals surface area contributed by atoms with E-state index < -0.39 is 0 Å². The van der Waals surface area contributed by atoms with E-state index in [1.165, 1.54) is 0 Å². The van der Waals surface area contributed by atoms with Crippen molar-refractivity contribution in [1.29, 1.82) is 0 Å². The van der Waals surface area contributed by atoms with E-state index >= 15 is 0 Å². The van der Waals surface area contributed by atoms with Crippen LogP contribution in [0.5, 0.6) is 0 Å². The molecule has 0 saturated heterocycles. The molecule has 0 saturated carbocycles. The van der Waals surface area contributed by atoms with Crippen molar-refractivity contribution >= 4 is 5.91 Å². The molecule has 0 aromatic heterocycles. The van der Waals surface area contributed by atoms with E-state index in [4.69, 9.17) is 0 Å². The molecular formula is C10H22N2O. The van der Waals surface area contributed by atoms with Gasteiger partial charge >= 0.3 is 0 Å². The average molecular weight is 186 g/mol. The van der Waals surface area contributed by atoms with Crippen molar-refractivity contribution in [1.82, 2.24) is 10.6 Å². The fourth-order valence-corrected chi connectivity index (χ4v) is 0.939. The second-order valence-corrected chi connectivity index (χ2v) is 4.28. The zero-order valence-corrected chi connectivity index (χ0v) is 9.40. The van der Waals surface area contributed by atoms with Crippen LogP contribution in [0.4, 0.5) is 0 Å². The molecule has 0 spiro atoms. The van der Waals surface area contributed by atoms with E-state index in [-0.39, 0.29) is 11.3 Å². The Morgan fingerprint density at radius 1 is 1.38 bits per heavy atom. The van der Waals surface area contributed by atoms with Crippen LogP contribution in [0.2, 0.25) is 0 Å². The van der Waals surface area contributed by atoms with Crippen molar-refractivity contribution in [2.75, 3.05) is 13.1 Å². The summed E-state index contributed by atoms with van der Waals surface area (Å²) < 4.78 is 0. The van der Waals surface area contributed by atoms with Crippen LogP contribution in [0.25, 0.3) is 0 Å². The summed E-state index contributed by atoms with van der Waals surface area (Å²) in [4.78, 5) is 11.5. The molecule has 0 aliphatic rings. The molecule has 0 atom stereocenters. The number of hydrogen-bond donors (Lipinski definition) is 2. The summed E-state index contributed by atoms with van der Waals surface area (Å²) >= 11 is 0. The molecule has 3 nitrogen and oxygen atoms in total. The van der Waals surface area contributed by atoms with E-state index in [1.807, 2.05) is 20.8 Å². The van der Waals surface area contributed by atoms with Crippen LogP contribution in [0.15, 0.2) is 0 Å². The Kier molecular flexibility index (Phi) is 4.99. The van der Waals surface area contributed by atoms with Gasteiger partial charge in [0.05, 0.1) is 5.41 Å². The lowest BCUT2D eigenvalue weighted by Crippen LogP contribution is -2.44. The molecule has 2 N–H and O–H groups in total.